The second-order valence-electron chi connectivity index (χ2n) is 12.1. The maximum Gasteiger partial charge on any atom is 0.410 e. The Balaban J connectivity index is 1.51. The fraction of sp³-hybridized carbons (Fsp3) is 0.441. The average molecular weight is 578 g/mol. The number of carbonyl (C=O) groups excluding carboxylic acids is 1. The molecule has 0 aliphatic carbocycles. The largest absolute Gasteiger partial charge is 0.444 e. The predicted octanol–water partition coefficient (Wildman–Crippen LogP) is 7.85. The summed E-state index contributed by atoms with van der Waals surface area (Å²) in [6.45, 7) is 14.5. The number of aryl methyl sites for hydroxylation is 2. The van der Waals surface area contributed by atoms with Gasteiger partial charge in [0.15, 0.2) is 0 Å². The highest BCUT2D eigenvalue weighted by molar-refractivity contribution is 7.98. The first-order valence-electron chi connectivity index (χ1n) is 14.4. The maximum atomic E-state index is 14.8. The molecule has 0 spiro atoms. The Morgan fingerprint density at radius 2 is 1.78 bits per heavy atom. The lowest BCUT2D eigenvalue weighted by molar-refractivity contribution is 0.000842. The number of hydrogen-bond donors (Lipinski definition) is 0. The number of piperazine rings is 1. The number of ether oxygens (including phenoxy) is 1. The fourth-order valence-corrected chi connectivity index (χ4v) is 6.28. The van der Waals surface area contributed by atoms with Crippen molar-refractivity contribution in [2.24, 2.45) is 0 Å². The second-order valence-corrected chi connectivity index (χ2v) is 13.2. The topological polar surface area (TPSA) is 36.0 Å². The van der Waals surface area contributed by atoms with E-state index in [1.165, 1.54) is 16.0 Å². The molecular formula is C34H44FN3O2S. The Hall–Kier alpha value is -3.03. The highest BCUT2D eigenvalue weighted by Gasteiger charge is 2.32. The van der Waals surface area contributed by atoms with Crippen molar-refractivity contribution >= 4 is 23.5 Å². The van der Waals surface area contributed by atoms with E-state index in [9.17, 15) is 9.18 Å². The molecule has 3 aromatic carbocycles. The molecule has 41 heavy (non-hydrogen) atoms. The van der Waals surface area contributed by atoms with Crippen molar-refractivity contribution in [3.05, 3.63) is 94.8 Å². The van der Waals surface area contributed by atoms with Crippen LogP contribution in [0.1, 0.15) is 56.0 Å². The first-order chi connectivity index (χ1) is 19.4. The third-order valence-corrected chi connectivity index (χ3v) is 8.68. The Morgan fingerprint density at radius 1 is 1.05 bits per heavy atom. The minimum absolute atomic E-state index is 0.0157. The number of amides is 1. The van der Waals surface area contributed by atoms with Gasteiger partial charge in [0.05, 0.1) is 6.04 Å². The van der Waals surface area contributed by atoms with Crippen LogP contribution in [0, 0.1) is 19.7 Å². The molecule has 0 saturated carbocycles. The highest BCUT2D eigenvalue weighted by Crippen LogP contribution is 2.33. The van der Waals surface area contributed by atoms with Gasteiger partial charge in [-0.2, -0.15) is 0 Å². The van der Waals surface area contributed by atoms with Crippen LogP contribution in [-0.2, 0) is 10.5 Å². The van der Waals surface area contributed by atoms with Crippen LogP contribution in [-0.4, -0.2) is 60.8 Å². The first-order valence-corrected chi connectivity index (χ1v) is 15.4. The van der Waals surface area contributed by atoms with Crippen LogP contribution in [0.4, 0.5) is 14.9 Å². The predicted molar refractivity (Wildman–Crippen MR) is 168 cm³/mol. The molecule has 1 saturated heterocycles. The van der Waals surface area contributed by atoms with Crippen molar-refractivity contribution in [3.8, 4) is 0 Å². The van der Waals surface area contributed by atoms with Crippen molar-refractivity contribution in [2.75, 3.05) is 38.1 Å². The Bertz CT molecular complexity index is 1330. The molecule has 0 aromatic heterocycles. The number of anilines is 1. The highest BCUT2D eigenvalue weighted by atomic mass is 32.2. The van der Waals surface area contributed by atoms with E-state index in [2.05, 4.69) is 73.2 Å². The quantitative estimate of drug-likeness (QED) is 0.255. The van der Waals surface area contributed by atoms with Crippen molar-refractivity contribution in [1.82, 2.24) is 9.80 Å². The van der Waals surface area contributed by atoms with Gasteiger partial charge in [0.1, 0.15) is 11.4 Å². The minimum atomic E-state index is -0.523. The number of rotatable bonds is 8. The molecule has 1 fully saturated rings. The fourth-order valence-electron chi connectivity index (χ4n) is 5.33. The summed E-state index contributed by atoms with van der Waals surface area (Å²) in [6.07, 6.45) is -0.264. The molecule has 1 amide bonds. The molecule has 5 nitrogen and oxygen atoms in total. The minimum Gasteiger partial charge on any atom is -0.444 e. The third-order valence-electron chi connectivity index (χ3n) is 7.62. The lowest BCUT2D eigenvalue weighted by atomic mass is 10.0. The lowest BCUT2D eigenvalue weighted by Crippen LogP contribution is -2.56. The number of hydrogen-bond acceptors (Lipinski definition) is 5. The van der Waals surface area contributed by atoms with Crippen LogP contribution in [0.5, 0.6) is 0 Å². The monoisotopic (exact) mass is 577 g/mol. The van der Waals surface area contributed by atoms with Gasteiger partial charge >= 0.3 is 6.09 Å². The number of thioether (sulfide) groups is 1. The van der Waals surface area contributed by atoms with E-state index < -0.39 is 5.60 Å². The van der Waals surface area contributed by atoms with Gasteiger partial charge in [-0.15, -0.1) is 11.8 Å². The summed E-state index contributed by atoms with van der Waals surface area (Å²) in [5, 5.41) is 0. The SMILES string of the molecule is Cc1ccc(C(CN2CCN(C(=O)OC(C)(C)C)[C@H](C)C2)N(C)c2ccc(SCc3ccccc3)cc2C)cc1F. The summed E-state index contributed by atoms with van der Waals surface area (Å²) < 4.78 is 20.4. The summed E-state index contributed by atoms with van der Waals surface area (Å²) in [5.41, 5.74) is 4.68. The maximum absolute atomic E-state index is 14.8. The first kappa shape index (κ1) is 30.9. The van der Waals surface area contributed by atoms with Gasteiger partial charge in [-0.3, -0.25) is 4.90 Å². The number of likely N-dealkylation sites (N-methyl/N-ethyl adjacent to an activating group) is 1. The van der Waals surface area contributed by atoms with E-state index in [1.54, 1.807) is 13.0 Å². The third kappa shape index (κ3) is 8.26. The molecule has 4 rings (SSSR count). The van der Waals surface area contributed by atoms with Crippen molar-refractivity contribution < 1.29 is 13.9 Å². The van der Waals surface area contributed by atoms with Gasteiger partial charge in [0, 0.05) is 55.6 Å². The summed E-state index contributed by atoms with van der Waals surface area (Å²) in [6, 6.07) is 22.6. The summed E-state index contributed by atoms with van der Waals surface area (Å²) in [4.78, 5) is 20.5. The van der Waals surface area contributed by atoms with Gasteiger partial charge in [0.2, 0.25) is 0 Å². The average Bonchev–Trinajstić information content (AvgIpc) is 2.91. The number of nitrogens with zero attached hydrogens (tertiary/aromatic N) is 3. The van der Waals surface area contributed by atoms with E-state index in [0.29, 0.717) is 12.1 Å². The van der Waals surface area contributed by atoms with E-state index in [-0.39, 0.29) is 24.0 Å². The van der Waals surface area contributed by atoms with E-state index in [0.717, 1.165) is 36.6 Å². The van der Waals surface area contributed by atoms with Crippen LogP contribution in [0.25, 0.3) is 0 Å². The van der Waals surface area contributed by atoms with Crippen molar-refractivity contribution in [1.29, 1.82) is 0 Å². The van der Waals surface area contributed by atoms with E-state index >= 15 is 0 Å². The van der Waals surface area contributed by atoms with E-state index in [1.807, 2.05) is 55.6 Å². The molecule has 0 radical (unpaired) electrons. The summed E-state index contributed by atoms with van der Waals surface area (Å²) in [5.74, 6) is 0.738. The van der Waals surface area contributed by atoms with Crippen molar-refractivity contribution in [3.63, 3.8) is 0 Å². The van der Waals surface area contributed by atoms with Gasteiger partial charge in [-0.25, -0.2) is 9.18 Å². The summed E-state index contributed by atoms with van der Waals surface area (Å²) in [7, 11) is 2.10. The Labute approximate surface area is 249 Å². The molecule has 1 unspecified atom stereocenters. The zero-order valence-corrected chi connectivity index (χ0v) is 26.3. The Kier molecular flexibility index (Phi) is 10.0. The van der Waals surface area contributed by atoms with Crippen LogP contribution in [0.3, 0.4) is 0 Å². The molecule has 1 aliphatic heterocycles. The van der Waals surface area contributed by atoms with Gasteiger partial charge in [-0.1, -0.05) is 42.5 Å². The van der Waals surface area contributed by atoms with Crippen molar-refractivity contribution in [2.45, 2.75) is 69.9 Å². The molecule has 7 heteroatoms. The molecule has 1 heterocycles. The molecule has 0 bridgehead atoms. The Morgan fingerprint density at radius 3 is 2.41 bits per heavy atom. The second kappa shape index (κ2) is 13.3. The summed E-state index contributed by atoms with van der Waals surface area (Å²) >= 11 is 1.83. The van der Waals surface area contributed by atoms with Gasteiger partial charge in [0.25, 0.3) is 0 Å². The van der Waals surface area contributed by atoms with Crippen LogP contribution >= 0.6 is 11.8 Å². The molecule has 2 atom stereocenters. The molecule has 3 aromatic rings. The number of halogens is 1. The molecular weight excluding hydrogens is 533 g/mol. The molecule has 1 aliphatic rings. The van der Waals surface area contributed by atoms with Gasteiger partial charge < -0.3 is 14.5 Å². The van der Waals surface area contributed by atoms with E-state index in [4.69, 9.17) is 4.74 Å². The number of carbonyl (C=O) groups is 1. The zero-order chi connectivity index (χ0) is 29.7. The number of benzene rings is 3. The zero-order valence-electron chi connectivity index (χ0n) is 25.5. The van der Waals surface area contributed by atoms with Gasteiger partial charge in [-0.05, 0) is 88.1 Å². The van der Waals surface area contributed by atoms with Crippen LogP contribution < -0.4 is 4.90 Å². The molecule has 0 N–H and O–H groups in total. The smallest absolute Gasteiger partial charge is 0.410 e. The van der Waals surface area contributed by atoms with Crippen LogP contribution in [0.2, 0.25) is 0 Å². The van der Waals surface area contributed by atoms with Crippen LogP contribution in [0.15, 0.2) is 71.6 Å². The lowest BCUT2D eigenvalue weighted by Gasteiger charge is -2.43. The standard InChI is InChI=1S/C34H44FN3O2S/c1-24-13-14-28(20-30(24)35)32(22-37-17-18-38(26(3)21-37)33(39)40-34(4,5)6)36(7)31-16-15-29(19-25(31)2)41-23-27-11-9-8-10-12-27/h8-16,19-20,26,32H,17-18,21-23H2,1-7H3/t26-,32?/m1/s1. The normalized spacial score (nSPS) is 16.9. The molecule has 220 valence electrons.